The summed E-state index contributed by atoms with van der Waals surface area (Å²) in [6.45, 7) is 2.15. The van der Waals surface area contributed by atoms with Gasteiger partial charge in [0.05, 0.1) is 13.2 Å². The monoisotopic (exact) mass is 354 g/mol. The van der Waals surface area contributed by atoms with Crippen LogP contribution in [0.25, 0.3) is 0 Å². The Hall–Kier alpha value is -1.63. The summed E-state index contributed by atoms with van der Waals surface area (Å²) < 4.78 is 10.0. The Bertz CT molecular complexity index is 542. The summed E-state index contributed by atoms with van der Waals surface area (Å²) >= 11 is 5.84. The zero-order chi connectivity index (χ0) is 17.4. The molecule has 0 saturated carbocycles. The lowest BCUT2D eigenvalue weighted by molar-refractivity contribution is -0.127. The number of nitrogens with one attached hydrogen (secondary N) is 1. The zero-order valence-electron chi connectivity index (χ0n) is 13.8. The first kappa shape index (κ1) is 18.7. The average Bonchev–Trinajstić information content (AvgIpc) is 2.59. The summed E-state index contributed by atoms with van der Waals surface area (Å²) in [7, 11) is 1.59. The van der Waals surface area contributed by atoms with E-state index in [-0.39, 0.29) is 24.5 Å². The van der Waals surface area contributed by atoms with Crippen LogP contribution in [0.3, 0.4) is 0 Å². The van der Waals surface area contributed by atoms with Gasteiger partial charge in [0.25, 0.3) is 5.91 Å². The van der Waals surface area contributed by atoms with Crippen LogP contribution in [0.1, 0.15) is 23.2 Å². The van der Waals surface area contributed by atoms with Gasteiger partial charge in [-0.1, -0.05) is 11.6 Å². The van der Waals surface area contributed by atoms with Gasteiger partial charge in [-0.2, -0.15) is 0 Å². The average molecular weight is 355 g/mol. The third kappa shape index (κ3) is 5.78. The Labute approximate surface area is 147 Å². The number of rotatable bonds is 7. The Balaban J connectivity index is 1.72. The van der Waals surface area contributed by atoms with Crippen LogP contribution >= 0.6 is 11.6 Å². The number of nitrogens with zero attached hydrogens (tertiary/aromatic N) is 1. The zero-order valence-corrected chi connectivity index (χ0v) is 14.6. The largest absolute Gasteiger partial charge is 0.382 e. The minimum Gasteiger partial charge on any atom is -0.382 e. The van der Waals surface area contributed by atoms with Crippen LogP contribution in [0.5, 0.6) is 0 Å². The number of carbonyl (C=O) groups is 2. The minimum atomic E-state index is -0.131. The molecule has 0 bridgehead atoms. The molecule has 0 spiro atoms. The smallest absolute Gasteiger partial charge is 0.253 e. The van der Waals surface area contributed by atoms with Crippen LogP contribution in [0.15, 0.2) is 24.3 Å². The summed E-state index contributed by atoms with van der Waals surface area (Å²) in [5.41, 5.74) is 0.633. The van der Waals surface area contributed by atoms with Crippen molar-refractivity contribution >= 4 is 23.4 Å². The van der Waals surface area contributed by atoms with Gasteiger partial charge < -0.3 is 19.7 Å². The highest BCUT2D eigenvalue weighted by molar-refractivity contribution is 6.30. The van der Waals surface area contributed by atoms with Crippen LogP contribution in [0.4, 0.5) is 0 Å². The van der Waals surface area contributed by atoms with Gasteiger partial charge in [-0.05, 0) is 37.1 Å². The summed E-state index contributed by atoms with van der Waals surface area (Å²) in [6, 6.07) is 6.97. The molecule has 7 heteroatoms. The first-order chi connectivity index (χ1) is 11.6. The molecular formula is C17H23ClN2O4. The third-order valence-corrected chi connectivity index (χ3v) is 4.16. The van der Waals surface area contributed by atoms with Crippen LogP contribution in [0, 0.1) is 0 Å². The van der Waals surface area contributed by atoms with E-state index in [1.165, 1.54) is 0 Å². The van der Waals surface area contributed by atoms with Crippen molar-refractivity contribution in [2.24, 2.45) is 0 Å². The lowest BCUT2D eigenvalue weighted by atomic mass is 10.0. The quantitative estimate of drug-likeness (QED) is 0.757. The normalized spacial score (nSPS) is 15.3. The minimum absolute atomic E-state index is 0.000609. The van der Waals surface area contributed by atoms with E-state index in [0.29, 0.717) is 36.9 Å². The summed E-state index contributed by atoms with van der Waals surface area (Å²) in [6.07, 6.45) is 1.48. The SMILES string of the molecule is COCCOCC(=O)NC1CCN(C(=O)c2ccc(Cl)cc2)CC1. The van der Waals surface area contributed by atoms with Crippen LogP contribution in [-0.2, 0) is 14.3 Å². The molecule has 1 saturated heterocycles. The predicted octanol–water partition coefficient (Wildman–Crippen LogP) is 1.72. The van der Waals surface area contributed by atoms with Crippen molar-refractivity contribution in [3.05, 3.63) is 34.9 Å². The molecule has 1 aliphatic rings. The van der Waals surface area contributed by atoms with Crippen molar-refractivity contribution < 1.29 is 19.1 Å². The first-order valence-corrected chi connectivity index (χ1v) is 8.39. The summed E-state index contributed by atoms with van der Waals surface area (Å²) in [5, 5.41) is 3.55. The number of carbonyl (C=O) groups excluding carboxylic acids is 2. The number of benzene rings is 1. The van der Waals surface area contributed by atoms with Gasteiger partial charge >= 0.3 is 0 Å². The molecule has 24 heavy (non-hydrogen) atoms. The van der Waals surface area contributed by atoms with Crippen LogP contribution in [0.2, 0.25) is 5.02 Å². The Morgan fingerprint density at radius 1 is 1.21 bits per heavy atom. The van der Waals surface area contributed by atoms with Gasteiger partial charge in [0, 0.05) is 36.8 Å². The molecule has 0 radical (unpaired) electrons. The number of ether oxygens (including phenoxy) is 2. The number of halogens is 1. The van der Waals surface area contributed by atoms with Crippen LogP contribution < -0.4 is 5.32 Å². The first-order valence-electron chi connectivity index (χ1n) is 8.01. The van der Waals surface area contributed by atoms with Crippen molar-refractivity contribution in [3.8, 4) is 0 Å². The number of hydrogen-bond donors (Lipinski definition) is 1. The molecule has 1 N–H and O–H groups in total. The second-order valence-corrected chi connectivity index (χ2v) is 6.12. The number of likely N-dealkylation sites (tertiary alicyclic amines) is 1. The molecule has 1 aromatic rings. The maximum atomic E-state index is 12.4. The fourth-order valence-electron chi connectivity index (χ4n) is 2.58. The molecule has 1 fully saturated rings. The molecule has 0 aliphatic carbocycles. The number of amides is 2. The topological polar surface area (TPSA) is 67.9 Å². The molecule has 1 aliphatic heterocycles. The van der Waals surface area contributed by atoms with E-state index in [2.05, 4.69) is 5.32 Å². The fraction of sp³-hybridized carbons (Fsp3) is 0.529. The van der Waals surface area contributed by atoms with E-state index in [9.17, 15) is 9.59 Å². The summed E-state index contributed by atoms with van der Waals surface area (Å²) in [5.74, 6) is -0.132. The van der Waals surface area contributed by atoms with Gasteiger partial charge in [-0.15, -0.1) is 0 Å². The highest BCUT2D eigenvalue weighted by atomic mass is 35.5. The molecule has 1 aromatic carbocycles. The van der Waals surface area contributed by atoms with Crippen LogP contribution in [-0.4, -0.2) is 62.8 Å². The Kier molecular flexibility index (Phi) is 7.49. The van der Waals surface area contributed by atoms with Gasteiger partial charge in [0.15, 0.2) is 0 Å². The van der Waals surface area contributed by atoms with Gasteiger partial charge in [-0.3, -0.25) is 9.59 Å². The molecular weight excluding hydrogens is 332 g/mol. The lowest BCUT2D eigenvalue weighted by Crippen LogP contribution is -2.47. The van der Waals surface area contributed by atoms with Crippen molar-refractivity contribution in [1.29, 1.82) is 0 Å². The van der Waals surface area contributed by atoms with E-state index >= 15 is 0 Å². The standard InChI is InChI=1S/C17H23ClN2O4/c1-23-10-11-24-12-16(21)19-15-6-8-20(9-7-15)17(22)13-2-4-14(18)5-3-13/h2-5,15H,6-12H2,1H3,(H,19,21). The number of piperidine rings is 1. The highest BCUT2D eigenvalue weighted by Crippen LogP contribution is 2.16. The van der Waals surface area contributed by atoms with Crippen molar-refractivity contribution in [3.63, 3.8) is 0 Å². The van der Waals surface area contributed by atoms with Crippen molar-refractivity contribution in [1.82, 2.24) is 10.2 Å². The number of methoxy groups -OCH3 is 1. The molecule has 2 amide bonds. The predicted molar refractivity (Wildman–Crippen MR) is 91.2 cm³/mol. The Morgan fingerprint density at radius 3 is 2.50 bits per heavy atom. The van der Waals surface area contributed by atoms with Crippen molar-refractivity contribution in [2.75, 3.05) is 40.0 Å². The van der Waals surface area contributed by atoms with Gasteiger partial charge in [0.2, 0.25) is 5.91 Å². The van der Waals surface area contributed by atoms with E-state index in [1.807, 2.05) is 0 Å². The molecule has 2 rings (SSSR count). The molecule has 132 valence electrons. The van der Waals surface area contributed by atoms with E-state index < -0.39 is 0 Å². The second kappa shape index (κ2) is 9.61. The van der Waals surface area contributed by atoms with E-state index in [1.54, 1.807) is 36.3 Å². The molecule has 1 heterocycles. The second-order valence-electron chi connectivity index (χ2n) is 5.69. The highest BCUT2D eigenvalue weighted by Gasteiger charge is 2.24. The Morgan fingerprint density at radius 2 is 1.88 bits per heavy atom. The van der Waals surface area contributed by atoms with E-state index in [0.717, 1.165) is 12.8 Å². The van der Waals surface area contributed by atoms with Crippen molar-refractivity contribution in [2.45, 2.75) is 18.9 Å². The maximum absolute atomic E-state index is 12.4. The summed E-state index contributed by atoms with van der Waals surface area (Å²) in [4.78, 5) is 26.0. The molecule has 6 nitrogen and oxygen atoms in total. The molecule has 0 unspecified atom stereocenters. The molecule has 0 aromatic heterocycles. The number of hydrogen-bond acceptors (Lipinski definition) is 4. The maximum Gasteiger partial charge on any atom is 0.253 e. The molecule has 0 atom stereocenters. The van der Waals surface area contributed by atoms with Gasteiger partial charge in [-0.25, -0.2) is 0 Å². The van der Waals surface area contributed by atoms with E-state index in [4.69, 9.17) is 21.1 Å². The fourth-order valence-corrected chi connectivity index (χ4v) is 2.70. The van der Waals surface area contributed by atoms with Gasteiger partial charge in [0.1, 0.15) is 6.61 Å². The lowest BCUT2D eigenvalue weighted by Gasteiger charge is -2.32. The third-order valence-electron chi connectivity index (χ3n) is 3.90.